The summed E-state index contributed by atoms with van der Waals surface area (Å²) in [5.41, 5.74) is 0.339. The summed E-state index contributed by atoms with van der Waals surface area (Å²) < 4.78 is 29.8. The van der Waals surface area contributed by atoms with Crippen LogP contribution in [0.25, 0.3) is 0 Å². The van der Waals surface area contributed by atoms with Crippen molar-refractivity contribution >= 4 is 23.1 Å². The molecule has 2 atom stereocenters. The topological polar surface area (TPSA) is 51.2 Å². The Morgan fingerprint density at radius 3 is 2.62 bits per heavy atom. The highest BCUT2D eigenvalue weighted by molar-refractivity contribution is 6.17. The Bertz CT molecular complexity index is 881. The zero-order valence-electron chi connectivity index (χ0n) is 15.2. The third kappa shape index (κ3) is 2.11. The number of amidine groups is 1. The van der Waals surface area contributed by atoms with Crippen molar-refractivity contribution in [2.45, 2.75) is 25.9 Å². The van der Waals surface area contributed by atoms with Crippen LogP contribution in [0.5, 0.6) is 0 Å². The van der Waals surface area contributed by atoms with Crippen LogP contribution in [0.1, 0.15) is 18.1 Å². The van der Waals surface area contributed by atoms with Crippen LogP contribution in [0, 0.1) is 18.6 Å². The van der Waals surface area contributed by atoms with E-state index in [0.717, 1.165) is 0 Å². The molecule has 1 aromatic carbocycles. The molecule has 0 aromatic heterocycles. The van der Waals surface area contributed by atoms with Gasteiger partial charge >= 0.3 is 0 Å². The van der Waals surface area contributed by atoms with E-state index in [1.165, 1.54) is 11.8 Å². The van der Waals surface area contributed by atoms with Gasteiger partial charge in [0.25, 0.3) is 0 Å². The number of aliphatic imine (C=N–C) groups is 1. The number of amides is 1. The molecule has 1 aromatic rings. The van der Waals surface area contributed by atoms with Crippen LogP contribution >= 0.6 is 0 Å². The second-order valence-electron chi connectivity index (χ2n) is 7.21. The molecule has 0 spiro atoms. The highest BCUT2D eigenvalue weighted by atomic mass is 19.1. The van der Waals surface area contributed by atoms with Crippen LogP contribution < -0.4 is 10.2 Å². The van der Waals surface area contributed by atoms with Gasteiger partial charge in [0.15, 0.2) is 11.6 Å². The smallest absolute Gasteiger partial charge is 0.248 e. The molecule has 138 valence electrons. The average Bonchev–Trinajstić information content (AvgIpc) is 2.70. The Kier molecular flexibility index (Phi) is 3.59. The van der Waals surface area contributed by atoms with E-state index in [1.54, 1.807) is 7.05 Å². The quantitative estimate of drug-likeness (QED) is 0.767. The number of benzene rings is 1. The third-order valence-electron chi connectivity index (χ3n) is 5.63. The van der Waals surface area contributed by atoms with Crippen molar-refractivity contribution in [3.8, 4) is 0 Å². The van der Waals surface area contributed by atoms with E-state index in [-0.39, 0.29) is 34.5 Å². The van der Waals surface area contributed by atoms with Crippen molar-refractivity contribution in [2.24, 2.45) is 4.99 Å². The van der Waals surface area contributed by atoms with E-state index >= 15 is 0 Å². The summed E-state index contributed by atoms with van der Waals surface area (Å²) in [6.45, 7) is 8.31. The summed E-state index contributed by atoms with van der Waals surface area (Å²) in [6, 6.07) is -0.367. The molecule has 1 amide bonds. The average molecular weight is 361 g/mol. The number of halogens is 2. The second-order valence-corrected chi connectivity index (χ2v) is 7.21. The Hall–Kier alpha value is -2.48. The number of hydrogen-bond donors (Lipinski definition) is 1. The summed E-state index contributed by atoms with van der Waals surface area (Å²) in [4.78, 5) is 22.8. The first-order valence-electron chi connectivity index (χ1n) is 8.53. The van der Waals surface area contributed by atoms with Crippen molar-refractivity contribution in [1.29, 1.82) is 0 Å². The summed E-state index contributed by atoms with van der Waals surface area (Å²) in [7, 11) is 3.58. The zero-order chi connectivity index (χ0) is 18.9. The third-order valence-corrected chi connectivity index (χ3v) is 5.63. The second kappa shape index (κ2) is 5.51. The largest absolute Gasteiger partial charge is 0.341 e. The lowest BCUT2D eigenvalue weighted by molar-refractivity contribution is -0.122. The van der Waals surface area contributed by atoms with Gasteiger partial charge < -0.3 is 15.1 Å². The SMILES string of the molecule is C=C1N=C2c3c(c(F)c(C)c(F)c3N1C)NC(=O)C1CN(C)C(C)CN21. The fourth-order valence-corrected chi connectivity index (χ4v) is 3.81. The Labute approximate surface area is 150 Å². The molecule has 4 rings (SSSR count). The Morgan fingerprint density at radius 2 is 1.92 bits per heavy atom. The fourth-order valence-electron chi connectivity index (χ4n) is 3.81. The zero-order valence-corrected chi connectivity index (χ0v) is 15.2. The number of likely N-dealkylation sites (N-methyl/N-ethyl adjacent to an activating group) is 1. The maximum atomic E-state index is 15.0. The van der Waals surface area contributed by atoms with E-state index in [1.807, 2.05) is 18.9 Å². The van der Waals surface area contributed by atoms with Crippen molar-refractivity contribution in [1.82, 2.24) is 9.80 Å². The van der Waals surface area contributed by atoms with E-state index in [9.17, 15) is 13.6 Å². The minimum absolute atomic E-state index is 0.00768. The van der Waals surface area contributed by atoms with Crippen molar-refractivity contribution < 1.29 is 13.6 Å². The van der Waals surface area contributed by atoms with Gasteiger partial charge in [0.2, 0.25) is 5.91 Å². The Morgan fingerprint density at radius 1 is 1.23 bits per heavy atom. The number of carbonyl (C=O) groups excluding carboxylic acids is 1. The first-order chi connectivity index (χ1) is 12.2. The van der Waals surface area contributed by atoms with E-state index in [4.69, 9.17) is 0 Å². The van der Waals surface area contributed by atoms with E-state index in [0.29, 0.717) is 24.7 Å². The van der Waals surface area contributed by atoms with Crippen LogP contribution in [0.15, 0.2) is 17.4 Å². The molecule has 3 aliphatic heterocycles. The first kappa shape index (κ1) is 17.0. The van der Waals surface area contributed by atoms with Crippen LogP contribution in [0.2, 0.25) is 0 Å². The van der Waals surface area contributed by atoms with Gasteiger partial charge in [0, 0.05) is 31.7 Å². The summed E-state index contributed by atoms with van der Waals surface area (Å²) >= 11 is 0. The van der Waals surface area contributed by atoms with Gasteiger partial charge in [0.1, 0.15) is 17.7 Å². The number of piperazine rings is 1. The van der Waals surface area contributed by atoms with Gasteiger partial charge in [-0.15, -0.1) is 0 Å². The van der Waals surface area contributed by atoms with Gasteiger partial charge in [0.05, 0.1) is 16.9 Å². The number of rotatable bonds is 0. The monoisotopic (exact) mass is 361 g/mol. The molecule has 8 heteroatoms. The van der Waals surface area contributed by atoms with Gasteiger partial charge in [-0.25, -0.2) is 13.8 Å². The molecular formula is C18H21F2N5O. The van der Waals surface area contributed by atoms with Gasteiger partial charge in [-0.3, -0.25) is 9.69 Å². The fraction of sp³-hybridized carbons (Fsp3) is 0.444. The number of nitrogens with zero attached hydrogens (tertiary/aromatic N) is 4. The van der Waals surface area contributed by atoms with Crippen molar-refractivity contribution in [2.75, 3.05) is 37.4 Å². The molecule has 6 nitrogen and oxygen atoms in total. The molecule has 1 fully saturated rings. The molecule has 26 heavy (non-hydrogen) atoms. The highest BCUT2D eigenvalue weighted by Gasteiger charge is 2.44. The normalized spacial score (nSPS) is 25.4. The number of nitrogens with one attached hydrogen (secondary N) is 1. The number of fused-ring (bicyclic) bond motifs is 2. The molecule has 3 aliphatic rings. The van der Waals surface area contributed by atoms with Crippen molar-refractivity contribution in [3.05, 3.63) is 35.2 Å². The minimum atomic E-state index is -0.760. The molecule has 0 saturated carbocycles. The minimum Gasteiger partial charge on any atom is -0.341 e. The van der Waals surface area contributed by atoms with Crippen LogP contribution in [-0.4, -0.2) is 60.8 Å². The molecule has 0 radical (unpaired) electrons. The molecule has 3 heterocycles. The molecular weight excluding hydrogens is 340 g/mol. The molecule has 0 aliphatic carbocycles. The van der Waals surface area contributed by atoms with Gasteiger partial charge in [-0.2, -0.15) is 0 Å². The lowest BCUT2D eigenvalue weighted by atomic mass is 10.00. The lowest BCUT2D eigenvalue weighted by Crippen LogP contribution is -2.61. The standard InChI is InChI=1S/C18H21F2N5O/c1-8-6-25-11(7-23(8)4)18(26)22-15-12-16(14(20)9(2)13(15)19)24(5)10(3)21-17(12)25/h8,11H,3,6-7H2,1-2,4-5H3,(H,22,26). The summed E-state index contributed by atoms with van der Waals surface area (Å²) in [6.07, 6.45) is 0. The maximum absolute atomic E-state index is 15.0. The molecule has 1 saturated heterocycles. The predicted molar refractivity (Wildman–Crippen MR) is 96.4 cm³/mol. The van der Waals surface area contributed by atoms with Gasteiger partial charge in [-0.1, -0.05) is 6.58 Å². The maximum Gasteiger partial charge on any atom is 0.248 e. The lowest BCUT2D eigenvalue weighted by Gasteiger charge is -2.44. The van der Waals surface area contributed by atoms with Crippen molar-refractivity contribution in [3.63, 3.8) is 0 Å². The number of hydrogen-bond acceptors (Lipinski definition) is 5. The number of anilines is 2. The van der Waals surface area contributed by atoms with E-state index < -0.39 is 17.7 Å². The first-order valence-corrected chi connectivity index (χ1v) is 8.53. The Balaban J connectivity index is 2.02. The van der Waals surface area contributed by atoms with Crippen LogP contribution in [0.3, 0.4) is 0 Å². The molecule has 1 N–H and O–H groups in total. The van der Waals surface area contributed by atoms with Gasteiger partial charge in [-0.05, 0) is 20.9 Å². The van der Waals surface area contributed by atoms with E-state index in [2.05, 4.69) is 21.8 Å². The van der Waals surface area contributed by atoms with Crippen LogP contribution in [0.4, 0.5) is 20.2 Å². The molecule has 0 bridgehead atoms. The number of carbonyl (C=O) groups is 1. The molecule has 2 unspecified atom stereocenters. The summed E-state index contributed by atoms with van der Waals surface area (Å²) in [5, 5.41) is 2.68. The summed E-state index contributed by atoms with van der Waals surface area (Å²) in [5.74, 6) is -0.986. The highest BCUT2D eigenvalue weighted by Crippen LogP contribution is 2.42. The predicted octanol–water partition coefficient (Wildman–Crippen LogP) is 1.90. The van der Waals surface area contributed by atoms with Crippen LogP contribution in [-0.2, 0) is 4.79 Å².